The summed E-state index contributed by atoms with van der Waals surface area (Å²) in [6.07, 6.45) is -5.83. The summed E-state index contributed by atoms with van der Waals surface area (Å²) in [5, 5.41) is 2.74. The SMILES string of the molecule is CC(C)Oc1ccc(/C=N/NC(F)(F)C(F)(F)C(F)(F)F)cc1. The lowest BCUT2D eigenvalue weighted by molar-refractivity contribution is -0.361. The fourth-order valence-electron chi connectivity index (χ4n) is 1.34. The molecule has 1 aromatic rings. The summed E-state index contributed by atoms with van der Waals surface area (Å²) in [5.41, 5.74) is 0.730. The molecule has 3 nitrogen and oxygen atoms in total. The van der Waals surface area contributed by atoms with Gasteiger partial charge in [-0.15, -0.1) is 0 Å². The molecule has 23 heavy (non-hydrogen) atoms. The summed E-state index contributed by atoms with van der Waals surface area (Å²) >= 11 is 0. The van der Waals surface area contributed by atoms with Gasteiger partial charge < -0.3 is 4.74 Å². The number of alkyl halides is 7. The minimum absolute atomic E-state index is 0.0977. The van der Waals surface area contributed by atoms with Gasteiger partial charge in [0.2, 0.25) is 0 Å². The Bertz CT molecular complexity index is 538. The average molecular weight is 346 g/mol. The second-order valence-electron chi connectivity index (χ2n) is 4.75. The molecule has 0 atom stereocenters. The summed E-state index contributed by atoms with van der Waals surface area (Å²) in [4.78, 5) is 0. The highest BCUT2D eigenvalue weighted by molar-refractivity contribution is 5.79. The van der Waals surface area contributed by atoms with E-state index in [1.165, 1.54) is 24.3 Å². The van der Waals surface area contributed by atoms with E-state index in [9.17, 15) is 30.7 Å². The Morgan fingerprint density at radius 2 is 1.52 bits per heavy atom. The van der Waals surface area contributed by atoms with Gasteiger partial charge in [-0.05, 0) is 43.7 Å². The molecule has 10 heteroatoms. The van der Waals surface area contributed by atoms with Crippen molar-refractivity contribution < 1.29 is 35.5 Å². The first-order chi connectivity index (χ1) is 10.4. The summed E-state index contributed by atoms with van der Waals surface area (Å²) in [7, 11) is 0. The third-order valence-electron chi connectivity index (χ3n) is 2.42. The van der Waals surface area contributed by atoms with Gasteiger partial charge in [-0.2, -0.15) is 35.8 Å². The standard InChI is InChI=1S/C13H13F7N2O/c1-8(2)23-10-5-3-9(4-6-10)7-21-22-13(19,20)11(14,15)12(16,17)18/h3-8,22H,1-2H3/b21-7+. The van der Waals surface area contributed by atoms with Gasteiger partial charge in [0, 0.05) is 0 Å². The molecule has 0 fully saturated rings. The molecule has 0 saturated carbocycles. The molecular formula is C13H13F7N2O. The Morgan fingerprint density at radius 1 is 1.00 bits per heavy atom. The Kier molecular flexibility index (Phi) is 5.49. The smallest absolute Gasteiger partial charge is 0.462 e. The van der Waals surface area contributed by atoms with Gasteiger partial charge in [0.25, 0.3) is 0 Å². The molecule has 1 N–H and O–H groups in total. The zero-order valence-corrected chi connectivity index (χ0v) is 12.0. The Hall–Kier alpha value is -2.00. The second kappa shape index (κ2) is 6.63. The number of rotatable bonds is 6. The van der Waals surface area contributed by atoms with Crippen LogP contribution in [0.4, 0.5) is 30.7 Å². The van der Waals surface area contributed by atoms with Crippen LogP contribution >= 0.6 is 0 Å². The van der Waals surface area contributed by atoms with Gasteiger partial charge in [0.1, 0.15) is 5.75 Å². The van der Waals surface area contributed by atoms with Gasteiger partial charge in [-0.3, -0.25) is 0 Å². The highest BCUT2D eigenvalue weighted by Crippen LogP contribution is 2.44. The first-order valence-electron chi connectivity index (χ1n) is 6.26. The zero-order chi connectivity index (χ0) is 17.9. The number of nitrogens with one attached hydrogen (secondary N) is 1. The Balaban J connectivity index is 2.75. The van der Waals surface area contributed by atoms with Crippen molar-refractivity contribution in [1.29, 1.82) is 0 Å². The lowest BCUT2D eigenvalue weighted by atomic mass is 10.2. The molecule has 0 amide bonds. The molecule has 1 aromatic carbocycles. The molecule has 0 aliphatic rings. The van der Waals surface area contributed by atoms with Crippen molar-refractivity contribution in [3.8, 4) is 5.75 Å². The number of nitrogens with zero attached hydrogens (tertiary/aromatic N) is 1. The quantitative estimate of drug-likeness (QED) is 0.363. The largest absolute Gasteiger partial charge is 0.491 e. The maximum Gasteiger partial charge on any atom is 0.462 e. The van der Waals surface area contributed by atoms with Gasteiger partial charge in [0.15, 0.2) is 0 Å². The van der Waals surface area contributed by atoms with Crippen molar-refractivity contribution in [2.75, 3.05) is 0 Å². The summed E-state index contributed by atoms with van der Waals surface area (Å²) in [6.45, 7) is 3.56. The third kappa shape index (κ3) is 4.73. The van der Waals surface area contributed by atoms with Crippen LogP contribution in [0.15, 0.2) is 29.4 Å². The van der Waals surface area contributed by atoms with Gasteiger partial charge in [-0.1, -0.05) is 0 Å². The normalized spacial score (nSPS) is 13.7. The lowest BCUT2D eigenvalue weighted by Crippen LogP contribution is -2.58. The van der Waals surface area contributed by atoms with Crippen LogP contribution in [-0.2, 0) is 0 Å². The highest BCUT2D eigenvalue weighted by Gasteiger charge is 2.73. The van der Waals surface area contributed by atoms with Crippen LogP contribution in [0, 0.1) is 0 Å². The summed E-state index contributed by atoms with van der Waals surface area (Å²) in [5.74, 6) is -5.79. The average Bonchev–Trinajstić information content (AvgIpc) is 2.38. The number of benzene rings is 1. The maximum atomic E-state index is 12.9. The van der Waals surface area contributed by atoms with Crippen molar-refractivity contribution in [3.05, 3.63) is 29.8 Å². The van der Waals surface area contributed by atoms with Gasteiger partial charge in [0.05, 0.1) is 12.3 Å². The molecule has 0 saturated heterocycles. The maximum absolute atomic E-state index is 12.9. The third-order valence-corrected chi connectivity index (χ3v) is 2.42. The highest BCUT2D eigenvalue weighted by atomic mass is 19.4. The minimum Gasteiger partial charge on any atom is -0.491 e. The molecule has 0 aliphatic heterocycles. The molecule has 0 unspecified atom stereocenters. The van der Waals surface area contributed by atoms with E-state index < -0.39 is 18.1 Å². The van der Waals surface area contributed by atoms with Crippen molar-refractivity contribution in [3.63, 3.8) is 0 Å². The fraction of sp³-hybridized carbons (Fsp3) is 0.462. The molecule has 0 aromatic heterocycles. The van der Waals surface area contributed by atoms with E-state index in [4.69, 9.17) is 4.74 Å². The van der Waals surface area contributed by atoms with Gasteiger partial charge >= 0.3 is 18.1 Å². The van der Waals surface area contributed by atoms with Crippen molar-refractivity contribution in [2.45, 2.75) is 38.1 Å². The van der Waals surface area contributed by atoms with Crippen LogP contribution in [0.1, 0.15) is 19.4 Å². The van der Waals surface area contributed by atoms with Crippen LogP contribution in [0.2, 0.25) is 0 Å². The van der Waals surface area contributed by atoms with E-state index in [2.05, 4.69) is 5.10 Å². The molecule has 0 aliphatic carbocycles. The number of hydrogen-bond donors (Lipinski definition) is 1. The minimum atomic E-state index is -6.41. The molecule has 0 radical (unpaired) electrons. The van der Waals surface area contributed by atoms with Crippen LogP contribution in [0.3, 0.4) is 0 Å². The Morgan fingerprint density at radius 3 is 1.96 bits per heavy atom. The molecule has 0 heterocycles. The van der Waals surface area contributed by atoms with E-state index in [1.807, 2.05) is 0 Å². The molecule has 1 rings (SSSR count). The van der Waals surface area contributed by atoms with E-state index in [1.54, 1.807) is 13.8 Å². The number of halogens is 7. The van der Waals surface area contributed by atoms with Crippen LogP contribution < -0.4 is 10.2 Å². The number of ether oxygens (including phenoxy) is 1. The number of hydrazone groups is 1. The predicted octanol–water partition coefficient (Wildman–Crippen LogP) is 4.19. The van der Waals surface area contributed by atoms with E-state index >= 15 is 0 Å². The van der Waals surface area contributed by atoms with Crippen LogP contribution in [-0.4, -0.2) is 30.5 Å². The first kappa shape index (κ1) is 19.0. The molecule has 130 valence electrons. The zero-order valence-electron chi connectivity index (χ0n) is 12.0. The first-order valence-corrected chi connectivity index (χ1v) is 6.26. The fourth-order valence-corrected chi connectivity index (χ4v) is 1.34. The Labute approximate surface area is 127 Å². The molecule has 0 bridgehead atoms. The van der Waals surface area contributed by atoms with Crippen molar-refractivity contribution >= 4 is 6.21 Å². The van der Waals surface area contributed by atoms with Gasteiger partial charge in [-0.25, -0.2) is 5.43 Å². The summed E-state index contributed by atoms with van der Waals surface area (Å²) in [6, 6.07) is 0.0714. The topological polar surface area (TPSA) is 33.6 Å². The monoisotopic (exact) mass is 346 g/mol. The van der Waals surface area contributed by atoms with Crippen molar-refractivity contribution in [1.82, 2.24) is 5.43 Å². The van der Waals surface area contributed by atoms with E-state index in [0.29, 0.717) is 17.4 Å². The van der Waals surface area contributed by atoms with Crippen LogP contribution in [0.25, 0.3) is 0 Å². The second-order valence-corrected chi connectivity index (χ2v) is 4.75. The predicted molar refractivity (Wildman–Crippen MR) is 68.9 cm³/mol. The van der Waals surface area contributed by atoms with E-state index in [-0.39, 0.29) is 11.7 Å². The van der Waals surface area contributed by atoms with Crippen molar-refractivity contribution in [2.24, 2.45) is 5.10 Å². The summed E-state index contributed by atoms with van der Waals surface area (Å²) < 4.78 is 91.9. The molecular weight excluding hydrogens is 333 g/mol. The van der Waals surface area contributed by atoms with E-state index in [0.717, 1.165) is 0 Å². The molecule has 0 spiro atoms. The van der Waals surface area contributed by atoms with Crippen LogP contribution in [0.5, 0.6) is 5.75 Å². The lowest BCUT2D eigenvalue weighted by Gasteiger charge is -2.27. The number of hydrogen-bond acceptors (Lipinski definition) is 3.